The fraction of sp³-hybridized carbons (Fsp3) is 0.533. The number of hydrogen-bond acceptors (Lipinski definition) is 3. The Kier molecular flexibility index (Phi) is 5.85. The summed E-state index contributed by atoms with van der Waals surface area (Å²) in [4.78, 5) is 9.86. The summed E-state index contributed by atoms with van der Waals surface area (Å²) in [6.45, 7) is 8.19. The van der Waals surface area contributed by atoms with Gasteiger partial charge in [-0.1, -0.05) is 17.0 Å². The molecule has 28 heavy (non-hydrogen) atoms. The molecule has 1 aromatic carbocycles. The standard InChI is InChI=1S/C15H22N5O.F6P/c1-3-18(4-2)15(19-11-7-8-12-19)21-20-14-10-6-5-9-13(14)16-17-20;1-7(2,3,4,5)6/h5-6,9-10H,3-4,7-8,11-12H2,1-2H3;/q+1;-1. The molecule has 6 nitrogen and oxygen atoms in total. The Bertz CT molecular complexity index is 828. The molecule has 1 aliphatic heterocycles. The van der Waals surface area contributed by atoms with Gasteiger partial charge in [-0.05, 0) is 44.0 Å². The number of fused-ring (bicyclic) bond motifs is 1. The molecule has 13 heteroatoms. The summed E-state index contributed by atoms with van der Waals surface area (Å²) in [7, 11) is -10.7. The van der Waals surface area contributed by atoms with Crippen LogP contribution in [0.5, 0.6) is 0 Å². The SMILES string of the molecule is CCN(CC)C(On1nnc2ccccc21)=[N+]1CCCC1.F[P-](F)(F)(F)(F)F. The Labute approximate surface area is 157 Å². The Hall–Kier alpha value is -2.10. The van der Waals surface area contributed by atoms with Gasteiger partial charge >= 0.3 is 39.0 Å². The number of benzene rings is 1. The molecule has 0 saturated carbocycles. The van der Waals surface area contributed by atoms with E-state index in [9.17, 15) is 25.2 Å². The Morgan fingerprint density at radius 1 is 1.07 bits per heavy atom. The number of rotatable bonds is 3. The average Bonchev–Trinajstić information content (AvgIpc) is 3.22. The molecule has 1 saturated heterocycles. The first-order chi connectivity index (χ1) is 12.8. The summed E-state index contributed by atoms with van der Waals surface area (Å²) in [6, 6.07) is 8.72. The van der Waals surface area contributed by atoms with Crippen LogP contribution < -0.4 is 4.84 Å². The van der Waals surface area contributed by atoms with E-state index in [4.69, 9.17) is 4.84 Å². The van der Waals surface area contributed by atoms with Crippen molar-refractivity contribution in [3.05, 3.63) is 24.3 Å². The van der Waals surface area contributed by atoms with Crippen LogP contribution in [0.3, 0.4) is 0 Å². The van der Waals surface area contributed by atoms with Crippen LogP contribution in [-0.4, -0.2) is 56.8 Å². The molecule has 0 N–H and O–H groups in total. The van der Waals surface area contributed by atoms with E-state index in [0.717, 1.165) is 43.2 Å². The van der Waals surface area contributed by atoms with Gasteiger partial charge in [0, 0.05) is 0 Å². The molecule has 1 fully saturated rings. The first-order valence-electron chi connectivity index (χ1n) is 8.70. The minimum absolute atomic E-state index is 0.845. The number of amidine groups is 1. The fourth-order valence-electron chi connectivity index (χ4n) is 2.71. The van der Waals surface area contributed by atoms with Crippen molar-refractivity contribution in [2.75, 3.05) is 26.2 Å². The molecule has 2 heterocycles. The summed E-state index contributed by atoms with van der Waals surface area (Å²) in [5.74, 6) is 0. The molecule has 160 valence electrons. The second-order valence-electron chi connectivity index (χ2n) is 6.15. The number of halogens is 6. The fourth-order valence-corrected chi connectivity index (χ4v) is 2.71. The zero-order valence-electron chi connectivity index (χ0n) is 15.4. The molecule has 3 rings (SSSR count). The van der Waals surface area contributed by atoms with E-state index in [1.807, 2.05) is 24.3 Å². The van der Waals surface area contributed by atoms with Crippen LogP contribution in [0.1, 0.15) is 26.7 Å². The molecule has 0 aliphatic carbocycles. The molecule has 0 atom stereocenters. The number of aromatic nitrogens is 3. The van der Waals surface area contributed by atoms with E-state index in [0.29, 0.717) is 0 Å². The van der Waals surface area contributed by atoms with E-state index in [1.165, 1.54) is 17.7 Å². The molecule has 0 unspecified atom stereocenters. The van der Waals surface area contributed by atoms with Crippen LogP contribution in [0.4, 0.5) is 25.2 Å². The van der Waals surface area contributed by atoms with Gasteiger partial charge in [0.05, 0.1) is 26.2 Å². The predicted octanol–water partition coefficient (Wildman–Crippen LogP) is 4.75. The Balaban J connectivity index is 0.000000345. The maximum atomic E-state index is 9.87. The van der Waals surface area contributed by atoms with Crippen molar-refractivity contribution in [3.8, 4) is 0 Å². The third-order valence-electron chi connectivity index (χ3n) is 3.90. The van der Waals surface area contributed by atoms with Crippen molar-refractivity contribution < 1.29 is 34.6 Å². The third-order valence-corrected chi connectivity index (χ3v) is 3.90. The average molecular weight is 433 g/mol. The first kappa shape index (κ1) is 22.2. The maximum absolute atomic E-state index is 10.7. The topological polar surface area (TPSA) is 46.2 Å². The first-order valence-corrected chi connectivity index (χ1v) is 10.7. The molecule has 0 spiro atoms. The van der Waals surface area contributed by atoms with Gasteiger partial charge in [-0.3, -0.25) is 4.84 Å². The van der Waals surface area contributed by atoms with E-state index in [1.54, 1.807) is 0 Å². The van der Waals surface area contributed by atoms with Gasteiger partial charge in [0.15, 0.2) is 0 Å². The molecular weight excluding hydrogens is 411 g/mol. The van der Waals surface area contributed by atoms with Gasteiger partial charge in [-0.15, -0.1) is 5.10 Å². The molecule has 2 aromatic rings. The third kappa shape index (κ3) is 7.49. The normalized spacial score (nSPS) is 16.8. The van der Waals surface area contributed by atoms with Crippen molar-refractivity contribution in [3.63, 3.8) is 0 Å². The number of hydrogen-bond donors (Lipinski definition) is 0. The zero-order valence-corrected chi connectivity index (χ0v) is 16.3. The van der Waals surface area contributed by atoms with Crippen molar-refractivity contribution in [1.29, 1.82) is 0 Å². The summed E-state index contributed by atoms with van der Waals surface area (Å²) >= 11 is 0. The Morgan fingerprint density at radius 3 is 2.14 bits per heavy atom. The molecule has 0 bridgehead atoms. The summed E-state index contributed by atoms with van der Waals surface area (Å²) < 4.78 is 61.5. The van der Waals surface area contributed by atoms with Crippen LogP contribution in [0.25, 0.3) is 11.0 Å². The second-order valence-corrected chi connectivity index (χ2v) is 8.07. The van der Waals surface area contributed by atoms with Gasteiger partial charge in [0.25, 0.3) is 0 Å². The van der Waals surface area contributed by atoms with Gasteiger partial charge in [-0.2, -0.15) is 0 Å². The van der Waals surface area contributed by atoms with Gasteiger partial charge in [-0.25, -0.2) is 9.48 Å². The zero-order chi connectivity index (χ0) is 21.1. The van der Waals surface area contributed by atoms with Crippen molar-refractivity contribution in [1.82, 2.24) is 20.1 Å². The van der Waals surface area contributed by atoms with Crippen molar-refractivity contribution in [2.24, 2.45) is 0 Å². The van der Waals surface area contributed by atoms with Crippen LogP contribution in [-0.2, 0) is 0 Å². The summed E-state index contributed by atoms with van der Waals surface area (Å²) in [5.41, 5.74) is 1.74. The quantitative estimate of drug-likeness (QED) is 0.304. The van der Waals surface area contributed by atoms with Gasteiger partial charge < -0.3 is 0 Å². The monoisotopic (exact) mass is 433 g/mol. The number of para-hydroxylation sites is 1. The summed E-state index contributed by atoms with van der Waals surface area (Å²) in [5, 5.41) is 8.27. The van der Waals surface area contributed by atoms with Gasteiger partial charge in [0.1, 0.15) is 11.0 Å². The van der Waals surface area contributed by atoms with E-state index in [-0.39, 0.29) is 0 Å². The van der Waals surface area contributed by atoms with Crippen LogP contribution in [0.15, 0.2) is 24.3 Å². The Morgan fingerprint density at radius 2 is 1.61 bits per heavy atom. The molecule has 1 aliphatic rings. The van der Waals surface area contributed by atoms with Crippen LogP contribution >= 0.6 is 7.81 Å². The minimum atomic E-state index is -10.7. The van der Waals surface area contributed by atoms with Crippen LogP contribution in [0.2, 0.25) is 0 Å². The van der Waals surface area contributed by atoms with Gasteiger partial charge in [0.2, 0.25) is 0 Å². The van der Waals surface area contributed by atoms with Crippen molar-refractivity contribution >= 4 is 24.9 Å². The van der Waals surface area contributed by atoms with E-state index < -0.39 is 7.81 Å². The summed E-state index contributed by atoms with van der Waals surface area (Å²) in [6.07, 6.45) is 2.43. The molecule has 0 radical (unpaired) electrons. The van der Waals surface area contributed by atoms with E-state index in [2.05, 4.69) is 33.6 Å². The predicted molar refractivity (Wildman–Crippen MR) is 94.8 cm³/mol. The van der Waals surface area contributed by atoms with Crippen LogP contribution in [0, 0.1) is 0 Å². The van der Waals surface area contributed by atoms with E-state index >= 15 is 0 Å². The molecule has 1 aromatic heterocycles. The molecular formula is C15H22F6N5OP. The number of nitrogens with zero attached hydrogens (tertiary/aromatic N) is 5. The van der Waals surface area contributed by atoms with Crippen molar-refractivity contribution in [2.45, 2.75) is 26.7 Å². The second kappa shape index (κ2) is 7.38. The molecule has 0 amide bonds.